The number of hydrogen-bond acceptors (Lipinski definition) is 5. The Bertz CT molecular complexity index is 681. The first-order chi connectivity index (χ1) is 12.4. The smallest absolute Gasteiger partial charge is 0.232 e. The van der Waals surface area contributed by atoms with Crippen LogP contribution in [0.4, 0.5) is 11.4 Å². The van der Waals surface area contributed by atoms with Crippen LogP contribution in [0.5, 0.6) is 0 Å². The lowest BCUT2D eigenvalue weighted by molar-refractivity contribution is -0.134. The van der Waals surface area contributed by atoms with Crippen LogP contribution in [0.3, 0.4) is 0 Å². The minimum absolute atomic E-state index is 0.0401. The Labute approximate surface area is 156 Å². The largest absolute Gasteiger partial charge is 0.378 e. The molecule has 0 N–H and O–H groups in total. The Balaban J connectivity index is 2.08. The summed E-state index contributed by atoms with van der Waals surface area (Å²) in [5, 5.41) is 0. The molecule has 0 radical (unpaired) electrons. The van der Waals surface area contributed by atoms with E-state index in [1.165, 1.54) is 10.6 Å². The Morgan fingerprint density at radius 1 is 1.08 bits per heavy atom. The van der Waals surface area contributed by atoms with Gasteiger partial charge >= 0.3 is 0 Å². The molecule has 1 saturated heterocycles. The highest BCUT2D eigenvalue weighted by atomic mass is 32.2. The first kappa shape index (κ1) is 20.5. The van der Waals surface area contributed by atoms with Crippen LogP contribution in [0.25, 0.3) is 0 Å². The highest BCUT2D eigenvalue weighted by Gasteiger charge is 2.22. The van der Waals surface area contributed by atoms with E-state index in [0.29, 0.717) is 32.0 Å². The molecular formula is C18H29N3O4S. The number of amides is 1. The van der Waals surface area contributed by atoms with Crippen molar-refractivity contribution in [1.29, 1.82) is 0 Å². The van der Waals surface area contributed by atoms with E-state index in [-0.39, 0.29) is 18.9 Å². The number of rotatable bonds is 8. The maximum absolute atomic E-state index is 12.3. The molecular weight excluding hydrogens is 354 g/mol. The minimum Gasteiger partial charge on any atom is -0.378 e. The van der Waals surface area contributed by atoms with Crippen molar-refractivity contribution in [2.75, 3.05) is 61.4 Å². The van der Waals surface area contributed by atoms with Crippen molar-refractivity contribution in [3.05, 3.63) is 24.3 Å². The zero-order valence-corrected chi connectivity index (χ0v) is 16.7. The quantitative estimate of drug-likeness (QED) is 0.681. The van der Waals surface area contributed by atoms with Crippen LogP contribution >= 0.6 is 0 Å². The number of morpholine rings is 1. The summed E-state index contributed by atoms with van der Waals surface area (Å²) in [6.45, 7) is 8.28. The summed E-state index contributed by atoms with van der Waals surface area (Å²) in [4.78, 5) is 16.2. The summed E-state index contributed by atoms with van der Waals surface area (Å²) in [5.41, 5.74) is 1.63. The molecule has 0 unspecified atom stereocenters. The molecule has 0 bridgehead atoms. The predicted octanol–water partition coefficient (Wildman–Crippen LogP) is 1.55. The summed E-state index contributed by atoms with van der Waals surface area (Å²) in [6, 6.07) is 7.44. The van der Waals surface area contributed by atoms with Crippen LogP contribution in [0.1, 0.15) is 20.3 Å². The molecule has 0 aromatic heterocycles. The third-order valence-electron chi connectivity index (χ3n) is 4.56. The molecule has 1 aromatic rings. The van der Waals surface area contributed by atoms with E-state index in [9.17, 15) is 13.2 Å². The van der Waals surface area contributed by atoms with Crippen LogP contribution in [0.2, 0.25) is 0 Å². The lowest BCUT2D eigenvalue weighted by Gasteiger charge is -2.29. The van der Waals surface area contributed by atoms with Gasteiger partial charge in [-0.15, -0.1) is 0 Å². The van der Waals surface area contributed by atoms with E-state index >= 15 is 0 Å². The summed E-state index contributed by atoms with van der Waals surface area (Å²) in [7, 11) is -3.46. The topological polar surface area (TPSA) is 70.2 Å². The van der Waals surface area contributed by atoms with Gasteiger partial charge in [0.25, 0.3) is 0 Å². The lowest BCUT2D eigenvalue weighted by atomic mass is 10.2. The number of carbonyl (C=O) groups is 1. The summed E-state index contributed by atoms with van der Waals surface area (Å²) < 4.78 is 31.0. The van der Waals surface area contributed by atoms with Crippen molar-refractivity contribution in [3.63, 3.8) is 0 Å². The van der Waals surface area contributed by atoms with Gasteiger partial charge in [-0.1, -0.05) is 0 Å². The number of nitrogens with zero attached hydrogens (tertiary/aromatic N) is 3. The van der Waals surface area contributed by atoms with Crippen LogP contribution in [-0.2, 0) is 19.6 Å². The molecule has 2 rings (SSSR count). The lowest BCUT2D eigenvalue weighted by Crippen LogP contribution is -2.42. The molecule has 0 aliphatic carbocycles. The Kier molecular flexibility index (Phi) is 7.28. The molecule has 26 heavy (non-hydrogen) atoms. The van der Waals surface area contributed by atoms with E-state index in [2.05, 4.69) is 18.7 Å². The molecule has 1 amide bonds. The fourth-order valence-corrected chi connectivity index (χ4v) is 4.00. The monoisotopic (exact) mass is 383 g/mol. The molecule has 1 aromatic carbocycles. The minimum atomic E-state index is -3.46. The van der Waals surface area contributed by atoms with Gasteiger partial charge in [-0.2, -0.15) is 0 Å². The van der Waals surface area contributed by atoms with Crippen molar-refractivity contribution < 1.29 is 17.9 Å². The average molecular weight is 384 g/mol. The van der Waals surface area contributed by atoms with Gasteiger partial charge in [-0.25, -0.2) is 8.42 Å². The van der Waals surface area contributed by atoms with Crippen molar-refractivity contribution >= 4 is 27.3 Å². The highest BCUT2D eigenvalue weighted by Crippen LogP contribution is 2.23. The van der Waals surface area contributed by atoms with Gasteiger partial charge in [0.2, 0.25) is 15.9 Å². The van der Waals surface area contributed by atoms with Crippen molar-refractivity contribution in [1.82, 2.24) is 4.90 Å². The molecule has 1 heterocycles. The fourth-order valence-electron chi connectivity index (χ4n) is 3.07. The highest BCUT2D eigenvalue weighted by molar-refractivity contribution is 7.92. The van der Waals surface area contributed by atoms with E-state index in [1.807, 2.05) is 12.1 Å². The Hall–Kier alpha value is -1.80. The van der Waals surface area contributed by atoms with E-state index in [1.54, 1.807) is 17.0 Å². The third kappa shape index (κ3) is 5.35. The zero-order valence-electron chi connectivity index (χ0n) is 15.8. The SMILES string of the molecule is CCN(CC)c1ccc(N(CCC(=O)N2CCOCC2)S(C)(=O)=O)cc1. The maximum atomic E-state index is 12.3. The first-order valence-corrected chi connectivity index (χ1v) is 10.9. The van der Waals surface area contributed by atoms with E-state index < -0.39 is 10.0 Å². The first-order valence-electron chi connectivity index (χ1n) is 9.05. The van der Waals surface area contributed by atoms with E-state index in [4.69, 9.17) is 4.74 Å². The summed E-state index contributed by atoms with van der Waals surface area (Å²) in [6.07, 6.45) is 1.33. The van der Waals surface area contributed by atoms with Crippen LogP contribution < -0.4 is 9.21 Å². The number of benzene rings is 1. The third-order valence-corrected chi connectivity index (χ3v) is 5.75. The summed E-state index contributed by atoms with van der Waals surface area (Å²) in [5.74, 6) is -0.0401. The van der Waals surface area contributed by atoms with Crippen molar-refractivity contribution in [3.8, 4) is 0 Å². The van der Waals surface area contributed by atoms with Gasteiger partial charge in [0.15, 0.2) is 0 Å². The van der Waals surface area contributed by atoms with Gasteiger partial charge in [0, 0.05) is 44.8 Å². The van der Waals surface area contributed by atoms with Gasteiger partial charge in [0.05, 0.1) is 25.2 Å². The maximum Gasteiger partial charge on any atom is 0.232 e. The molecule has 7 nitrogen and oxygen atoms in total. The van der Waals surface area contributed by atoms with Crippen molar-refractivity contribution in [2.24, 2.45) is 0 Å². The van der Waals surface area contributed by atoms with Crippen molar-refractivity contribution in [2.45, 2.75) is 20.3 Å². The Morgan fingerprint density at radius 2 is 1.62 bits per heavy atom. The van der Waals surface area contributed by atoms with Gasteiger partial charge < -0.3 is 14.5 Å². The van der Waals surface area contributed by atoms with Gasteiger partial charge in [0.1, 0.15) is 0 Å². The fraction of sp³-hybridized carbons (Fsp3) is 0.611. The normalized spacial score (nSPS) is 15.0. The van der Waals surface area contributed by atoms with E-state index in [0.717, 1.165) is 18.8 Å². The molecule has 8 heteroatoms. The number of carbonyl (C=O) groups excluding carboxylic acids is 1. The molecule has 1 aliphatic rings. The second-order valence-electron chi connectivity index (χ2n) is 6.27. The number of anilines is 2. The Morgan fingerprint density at radius 3 is 2.12 bits per heavy atom. The molecule has 1 fully saturated rings. The van der Waals surface area contributed by atoms with Gasteiger partial charge in [-0.3, -0.25) is 9.10 Å². The molecule has 0 atom stereocenters. The van der Waals surface area contributed by atoms with Crippen LogP contribution in [0.15, 0.2) is 24.3 Å². The molecule has 0 spiro atoms. The number of hydrogen-bond donors (Lipinski definition) is 0. The number of sulfonamides is 1. The standard InChI is InChI=1S/C18H29N3O4S/c1-4-19(5-2)16-6-8-17(9-7-16)21(26(3,23)24)11-10-18(22)20-12-14-25-15-13-20/h6-9H,4-5,10-15H2,1-3H3. The number of ether oxygens (including phenoxy) is 1. The predicted molar refractivity (Wildman–Crippen MR) is 104 cm³/mol. The van der Waals surface area contributed by atoms with Crippen LogP contribution in [0, 0.1) is 0 Å². The second-order valence-corrected chi connectivity index (χ2v) is 8.17. The zero-order chi connectivity index (χ0) is 19.2. The molecule has 0 saturated carbocycles. The second kappa shape index (κ2) is 9.23. The molecule has 1 aliphatic heterocycles. The molecule has 146 valence electrons. The average Bonchev–Trinajstić information content (AvgIpc) is 2.63. The van der Waals surface area contributed by atoms with Gasteiger partial charge in [-0.05, 0) is 38.1 Å². The van der Waals surface area contributed by atoms with Crippen LogP contribution in [-0.4, -0.2) is 71.4 Å². The summed E-state index contributed by atoms with van der Waals surface area (Å²) >= 11 is 0.